The van der Waals surface area contributed by atoms with Crippen molar-refractivity contribution in [1.82, 2.24) is 19.9 Å². The summed E-state index contributed by atoms with van der Waals surface area (Å²) in [5.74, 6) is 0.234. The number of pyridine rings is 2. The Labute approximate surface area is 188 Å². The molecule has 2 aliphatic heterocycles. The van der Waals surface area contributed by atoms with Gasteiger partial charge in [-0.25, -0.2) is 4.98 Å². The smallest absolute Gasteiger partial charge is 0.417 e. The predicted molar refractivity (Wildman–Crippen MR) is 115 cm³/mol. The minimum Gasteiger partial charge on any atom is -0.472 e. The van der Waals surface area contributed by atoms with Crippen LogP contribution >= 0.6 is 0 Å². The third-order valence-corrected chi connectivity index (χ3v) is 6.55. The lowest BCUT2D eigenvalue weighted by Crippen LogP contribution is -2.59. The van der Waals surface area contributed by atoms with Gasteiger partial charge < -0.3 is 14.6 Å². The van der Waals surface area contributed by atoms with Crippen molar-refractivity contribution >= 4 is 5.91 Å². The van der Waals surface area contributed by atoms with Crippen molar-refractivity contribution < 1.29 is 22.7 Å². The number of amides is 1. The lowest BCUT2D eigenvalue weighted by atomic mass is 9.77. The van der Waals surface area contributed by atoms with Gasteiger partial charge in [0.2, 0.25) is 5.88 Å². The van der Waals surface area contributed by atoms with Gasteiger partial charge in [0.25, 0.3) is 5.91 Å². The molecule has 6 rings (SSSR count). The third-order valence-electron chi connectivity index (χ3n) is 6.55. The fraction of sp³-hybridized carbons (Fsp3) is 0.375. The van der Waals surface area contributed by atoms with Gasteiger partial charge in [-0.15, -0.1) is 0 Å². The fourth-order valence-corrected chi connectivity index (χ4v) is 4.95. The second kappa shape index (κ2) is 8.20. The summed E-state index contributed by atoms with van der Waals surface area (Å²) in [4.78, 5) is 26.9. The topological polar surface area (TPSA) is 71.1 Å². The number of aromatic amines is 1. The van der Waals surface area contributed by atoms with Crippen molar-refractivity contribution in [1.29, 1.82) is 0 Å². The number of alkyl halides is 3. The molecule has 3 aromatic heterocycles. The molecule has 3 aromatic rings. The molecule has 0 radical (unpaired) electrons. The van der Waals surface area contributed by atoms with E-state index in [0.717, 1.165) is 48.3 Å². The summed E-state index contributed by atoms with van der Waals surface area (Å²) in [6.07, 6.45) is 1.93. The van der Waals surface area contributed by atoms with E-state index in [4.69, 9.17) is 4.74 Å². The second-order valence-corrected chi connectivity index (χ2v) is 8.68. The first-order valence-electron chi connectivity index (χ1n) is 10.9. The summed E-state index contributed by atoms with van der Waals surface area (Å²) < 4.78 is 44.5. The molecule has 172 valence electrons. The van der Waals surface area contributed by atoms with Crippen LogP contribution in [-0.2, 0) is 6.18 Å². The Hall–Kier alpha value is -3.36. The number of carbonyl (C=O) groups excluding carboxylic acids is 1. The highest BCUT2D eigenvalue weighted by atomic mass is 19.4. The van der Waals surface area contributed by atoms with E-state index < -0.39 is 11.7 Å². The quantitative estimate of drug-likeness (QED) is 0.608. The van der Waals surface area contributed by atoms with E-state index in [1.165, 1.54) is 6.07 Å². The summed E-state index contributed by atoms with van der Waals surface area (Å²) in [6.45, 7) is 2.56. The number of hydrogen-bond donors (Lipinski definition) is 1. The van der Waals surface area contributed by atoms with E-state index in [9.17, 15) is 18.0 Å². The second-order valence-electron chi connectivity index (χ2n) is 8.68. The van der Waals surface area contributed by atoms with Crippen LogP contribution in [0.15, 0.2) is 48.9 Å². The number of hydrogen-bond acceptors (Lipinski definition) is 4. The van der Waals surface area contributed by atoms with Crippen LogP contribution in [-0.4, -0.2) is 44.4 Å². The number of H-pyrrole nitrogens is 1. The number of aryl methyl sites for hydroxylation is 1. The van der Waals surface area contributed by atoms with E-state index in [1.54, 1.807) is 12.4 Å². The first-order valence-corrected chi connectivity index (χ1v) is 10.9. The van der Waals surface area contributed by atoms with E-state index in [2.05, 4.69) is 15.0 Å². The molecular formula is C24H23F3N4O2. The molecule has 0 spiro atoms. The number of nitrogens with zero attached hydrogens (tertiary/aromatic N) is 3. The van der Waals surface area contributed by atoms with E-state index in [0.29, 0.717) is 12.2 Å². The van der Waals surface area contributed by atoms with Gasteiger partial charge in [0, 0.05) is 42.5 Å². The van der Waals surface area contributed by atoms with Crippen LogP contribution in [0.4, 0.5) is 13.2 Å². The average molecular weight is 456 g/mol. The number of ether oxygens (including phenoxy) is 1. The van der Waals surface area contributed by atoms with Crippen LogP contribution in [0.1, 0.15) is 40.9 Å². The van der Waals surface area contributed by atoms with Gasteiger partial charge in [-0.3, -0.25) is 9.78 Å². The highest BCUT2D eigenvalue weighted by Crippen LogP contribution is 2.39. The zero-order valence-electron chi connectivity index (χ0n) is 18.0. The van der Waals surface area contributed by atoms with Crippen LogP contribution in [0.2, 0.25) is 0 Å². The molecule has 0 aromatic carbocycles. The number of halogens is 3. The van der Waals surface area contributed by atoms with Crippen LogP contribution in [0.5, 0.6) is 5.88 Å². The molecule has 0 unspecified atom stereocenters. The SMILES string of the molecule is Cc1ccnc(C(=O)N2C[C@H]3CC[C@H]2[C@H](Oc2ccc(C(F)(F)F)cn2)C3)c1-c1ccc[nH]1. The third kappa shape index (κ3) is 4.07. The Morgan fingerprint density at radius 1 is 1.18 bits per heavy atom. The van der Waals surface area contributed by atoms with Gasteiger partial charge in [-0.05, 0) is 61.9 Å². The monoisotopic (exact) mass is 456 g/mol. The molecule has 1 amide bonds. The maximum Gasteiger partial charge on any atom is 0.417 e. The Bertz CT molecular complexity index is 1150. The van der Waals surface area contributed by atoms with Crippen LogP contribution in [0, 0.1) is 12.8 Å². The van der Waals surface area contributed by atoms with E-state index in [1.807, 2.05) is 30.0 Å². The fourth-order valence-electron chi connectivity index (χ4n) is 4.95. The van der Waals surface area contributed by atoms with Crippen molar-refractivity contribution in [3.05, 3.63) is 65.7 Å². The molecule has 1 N–H and O–H groups in total. The highest BCUT2D eigenvalue weighted by molar-refractivity contribution is 5.99. The summed E-state index contributed by atoms with van der Waals surface area (Å²) in [6, 6.07) is 7.67. The van der Waals surface area contributed by atoms with Crippen LogP contribution < -0.4 is 4.74 Å². The van der Waals surface area contributed by atoms with Crippen molar-refractivity contribution in [3.8, 4) is 17.1 Å². The van der Waals surface area contributed by atoms with Gasteiger partial charge in [0.1, 0.15) is 11.8 Å². The van der Waals surface area contributed by atoms with Crippen molar-refractivity contribution in [2.75, 3.05) is 6.54 Å². The van der Waals surface area contributed by atoms with Crippen molar-refractivity contribution in [3.63, 3.8) is 0 Å². The summed E-state index contributed by atoms with van der Waals surface area (Å²) >= 11 is 0. The normalized spacial score (nSPS) is 22.4. The van der Waals surface area contributed by atoms with Gasteiger partial charge in [-0.1, -0.05) is 0 Å². The number of carbonyl (C=O) groups is 1. The van der Waals surface area contributed by atoms with Gasteiger partial charge >= 0.3 is 6.18 Å². The maximum absolute atomic E-state index is 13.7. The summed E-state index contributed by atoms with van der Waals surface area (Å²) in [7, 11) is 0. The lowest BCUT2D eigenvalue weighted by Gasteiger charge is -2.49. The molecular weight excluding hydrogens is 433 g/mol. The average Bonchev–Trinajstić information content (AvgIpc) is 3.33. The Kier molecular flexibility index (Phi) is 5.34. The Morgan fingerprint density at radius 3 is 2.70 bits per heavy atom. The van der Waals surface area contributed by atoms with Gasteiger partial charge in [-0.2, -0.15) is 13.2 Å². The van der Waals surface area contributed by atoms with E-state index >= 15 is 0 Å². The van der Waals surface area contributed by atoms with E-state index in [-0.39, 0.29) is 29.9 Å². The molecule has 3 aliphatic rings. The first-order chi connectivity index (χ1) is 15.8. The number of nitrogens with one attached hydrogen (secondary N) is 1. The predicted octanol–water partition coefficient (Wildman–Crippen LogP) is 4.87. The standard InChI is InChI=1S/C24H23F3N4O2/c1-14-8-10-29-22(21(14)17-3-2-9-28-17)23(32)31-13-15-4-6-18(31)19(11-15)33-20-7-5-16(12-30-20)24(25,26)27/h2-3,5,7-10,12,15,18-19,28H,4,6,11,13H2,1H3/t15-,18-,19+/m0/s1. The molecule has 9 heteroatoms. The van der Waals surface area contributed by atoms with Gasteiger partial charge in [0.15, 0.2) is 0 Å². The Balaban J connectivity index is 1.40. The molecule has 3 fully saturated rings. The Morgan fingerprint density at radius 2 is 2.03 bits per heavy atom. The zero-order valence-corrected chi connectivity index (χ0v) is 18.0. The highest BCUT2D eigenvalue weighted by Gasteiger charge is 2.45. The maximum atomic E-state index is 13.7. The van der Waals surface area contributed by atoms with Crippen LogP contribution in [0.25, 0.3) is 11.3 Å². The summed E-state index contributed by atoms with van der Waals surface area (Å²) in [5.41, 5.74) is 2.11. The lowest BCUT2D eigenvalue weighted by molar-refractivity contribution is -0.137. The molecule has 2 saturated heterocycles. The molecule has 1 aliphatic carbocycles. The zero-order chi connectivity index (χ0) is 23.2. The number of fused-ring (bicyclic) bond motifs is 3. The van der Waals surface area contributed by atoms with Crippen molar-refractivity contribution in [2.24, 2.45) is 5.92 Å². The number of aromatic nitrogens is 3. The minimum absolute atomic E-state index is 0.133. The number of piperidine rings is 2. The largest absolute Gasteiger partial charge is 0.472 e. The van der Waals surface area contributed by atoms with Crippen LogP contribution in [0.3, 0.4) is 0 Å². The van der Waals surface area contributed by atoms with Crippen molar-refractivity contribution in [2.45, 2.75) is 44.5 Å². The molecule has 6 nitrogen and oxygen atoms in total. The molecule has 3 atom stereocenters. The van der Waals surface area contributed by atoms with Gasteiger partial charge in [0.05, 0.1) is 11.6 Å². The summed E-state index contributed by atoms with van der Waals surface area (Å²) in [5, 5.41) is 0. The molecule has 33 heavy (non-hydrogen) atoms. The molecule has 2 bridgehead atoms. The minimum atomic E-state index is -4.45. The number of rotatable bonds is 4. The first kappa shape index (κ1) is 21.5. The molecule has 5 heterocycles. The molecule has 1 saturated carbocycles.